The van der Waals surface area contributed by atoms with E-state index in [1.54, 1.807) is 6.20 Å². The van der Waals surface area contributed by atoms with Gasteiger partial charge in [0, 0.05) is 17.3 Å². The number of nitrogens with one attached hydrogen (secondary N) is 1. The van der Waals surface area contributed by atoms with Crippen molar-refractivity contribution >= 4 is 22.6 Å². The van der Waals surface area contributed by atoms with Gasteiger partial charge in [-0.25, -0.2) is 9.67 Å². The van der Waals surface area contributed by atoms with Crippen molar-refractivity contribution in [1.29, 1.82) is 0 Å². The Balaban J connectivity index is 1.56. The number of fused-ring (bicyclic) bond motifs is 1. The van der Waals surface area contributed by atoms with E-state index >= 15 is 0 Å². The summed E-state index contributed by atoms with van der Waals surface area (Å²) in [6.07, 6.45) is -0.475. The van der Waals surface area contributed by atoms with Crippen LogP contribution in [0.2, 0.25) is 0 Å². The Bertz CT molecular complexity index is 1020. The first kappa shape index (κ1) is 17.5. The zero-order valence-electron chi connectivity index (χ0n) is 14.5. The zero-order chi connectivity index (χ0) is 19.2. The number of benzene rings is 1. The molecule has 1 aliphatic carbocycles. The number of aromatic nitrogens is 3. The molecule has 0 bridgehead atoms. The number of carbonyl (C=O) groups is 1. The van der Waals surface area contributed by atoms with Gasteiger partial charge in [0.2, 0.25) is 5.91 Å². The van der Waals surface area contributed by atoms with Crippen LogP contribution in [0.3, 0.4) is 0 Å². The Morgan fingerprint density at radius 1 is 1.30 bits per heavy atom. The molecule has 1 aliphatic rings. The molecule has 1 saturated carbocycles. The first-order valence-electron chi connectivity index (χ1n) is 8.62. The van der Waals surface area contributed by atoms with E-state index < -0.39 is 17.6 Å². The zero-order valence-corrected chi connectivity index (χ0v) is 14.5. The van der Waals surface area contributed by atoms with E-state index in [1.807, 2.05) is 13.0 Å². The van der Waals surface area contributed by atoms with Gasteiger partial charge in [0.1, 0.15) is 6.54 Å². The maximum atomic E-state index is 12.8. The minimum atomic E-state index is -4.46. The predicted molar refractivity (Wildman–Crippen MR) is 94.3 cm³/mol. The molecule has 3 aromatic rings. The van der Waals surface area contributed by atoms with Crippen molar-refractivity contribution in [1.82, 2.24) is 14.8 Å². The third kappa shape index (κ3) is 3.51. The molecule has 2 heterocycles. The molecule has 8 heteroatoms. The molecule has 1 amide bonds. The largest absolute Gasteiger partial charge is 0.416 e. The van der Waals surface area contributed by atoms with Crippen molar-refractivity contribution in [2.24, 2.45) is 0 Å². The minimum Gasteiger partial charge on any atom is -0.324 e. The maximum Gasteiger partial charge on any atom is 0.416 e. The van der Waals surface area contributed by atoms with Gasteiger partial charge in [-0.15, -0.1) is 0 Å². The van der Waals surface area contributed by atoms with Gasteiger partial charge in [-0.2, -0.15) is 18.3 Å². The van der Waals surface area contributed by atoms with Gasteiger partial charge in [-0.05, 0) is 55.5 Å². The van der Waals surface area contributed by atoms with Gasteiger partial charge in [0.25, 0.3) is 0 Å². The Morgan fingerprint density at radius 3 is 2.78 bits per heavy atom. The molecule has 1 aromatic carbocycles. The number of carbonyl (C=O) groups excluding carboxylic acids is 1. The molecule has 0 unspecified atom stereocenters. The lowest BCUT2D eigenvalue weighted by Gasteiger charge is -2.10. The van der Waals surface area contributed by atoms with Crippen LogP contribution < -0.4 is 5.32 Å². The number of hydrogen-bond acceptors (Lipinski definition) is 3. The highest BCUT2D eigenvalue weighted by molar-refractivity contribution is 5.92. The van der Waals surface area contributed by atoms with Crippen LogP contribution in [0.4, 0.5) is 18.9 Å². The van der Waals surface area contributed by atoms with Crippen molar-refractivity contribution in [2.75, 3.05) is 5.32 Å². The van der Waals surface area contributed by atoms with Crippen LogP contribution in [0.5, 0.6) is 0 Å². The van der Waals surface area contributed by atoms with E-state index in [0.717, 1.165) is 36.1 Å². The lowest BCUT2D eigenvalue weighted by molar-refractivity contribution is -0.137. The van der Waals surface area contributed by atoms with Gasteiger partial charge in [-0.3, -0.25) is 4.79 Å². The van der Waals surface area contributed by atoms with Crippen molar-refractivity contribution in [2.45, 2.75) is 38.4 Å². The summed E-state index contributed by atoms with van der Waals surface area (Å²) in [5.41, 5.74) is 1.90. The molecule has 0 atom stereocenters. The third-order valence-corrected chi connectivity index (χ3v) is 4.62. The van der Waals surface area contributed by atoms with Crippen LogP contribution in [0.15, 0.2) is 36.5 Å². The number of hydrogen-bond donors (Lipinski definition) is 1. The van der Waals surface area contributed by atoms with Gasteiger partial charge in [-0.1, -0.05) is 6.07 Å². The lowest BCUT2D eigenvalue weighted by Crippen LogP contribution is -2.20. The second kappa shape index (κ2) is 6.37. The van der Waals surface area contributed by atoms with Crippen LogP contribution in [0, 0.1) is 6.92 Å². The molecule has 2 aromatic heterocycles. The average Bonchev–Trinajstić information content (AvgIpc) is 3.40. The molecular weight excluding hydrogens is 357 g/mol. The summed E-state index contributed by atoms with van der Waals surface area (Å²) >= 11 is 0. The van der Waals surface area contributed by atoms with E-state index in [1.165, 1.54) is 22.4 Å². The Hall–Kier alpha value is -2.90. The predicted octanol–water partition coefficient (Wildman–Crippen LogP) is 4.27. The molecule has 140 valence electrons. The number of halogens is 3. The second-order valence-corrected chi connectivity index (χ2v) is 6.74. The summed E-state index contributed by atoms with van der Waals surface area (Å²) in [7, 11) is 0. The fourth-order valence-corrected chi connectivity index (χ4v) is 3.26. The number of anilines is 1. The van der Waals surface area contributed by atoms with Crippen molar-refractivity contribution in [3.05, 3.63) is 53.3 Å². The van der Waals surface area contributed by atoms with Crippen LogP contribution in [-0.4, -0.2) is 20.7 Å². The molecule has 1 fully saturated rings. The Morgan fingerprint density at radius 2 is 2.07 bits per heavy atom. The highest BCUT2D eigenvalue weighted by Crippen LogP contribution is 2.43. The third-order valence-electron chi connectivity index (χ3n) is 4.62. The molecule has 4 rings (SSSR count). The summed E-state index contributed by atoms with van der Waals surface area (Å²) in [6, 6.07) is 6.54. The number of rotatable bonds is 4. The fraction of sp³-hybridized carbons (Fsp3) is 0.316. The molecule has 5 nitrogen and oxygen atoms in total. The normalized spacial score (nSPS) is 14.5. The van der Waals surface area contributed by atoms with Gasteiger partial charge >= 0.3 is 6.18 Å². The number of nitrogens with zero attached hydrogens (tertiary/aromatic N) is 3. The summed E-state index contributed by atoms with van der Waals surface area (Å²) in [4.78, 5) is 16.7. The molecular formula is C19H17F3N4O. The topological polar surface area (TPSA) is 59.8 Å². The maximum absolute atomic E-state index is 12.8. The van der Waals surface area contributed by atoms with Crippen molar-refractivity contribution < 1.29 is 18.0 Å². The van der Waals surface area contributed by atoms with E-state index in [4.69, 9.17) is 0 Å². The molecule has 1 N–H and O–H groups in total. The first-order valence-corrected chi connectivity index (χ1v) is 8.62. The fourth-order valence-electron chi connectivity index (χ4n) is 3.26. The monoisotopic (exact) mass is 374 g/mol. The second-order valence-electron chi connectivity index (χ2n) is 6.74. The molecule has 0 radical (unpaired) electrons. The Kier molecular flexibility index (Phi) is 4.13. The summed E-state index contributed by atoms with van der Waals surface area (Å²) in [5.74, 6) is 0.0585. The van der Waals surface area contributed by atoms with E-state index in [-0.39, 0.29) is 12.2 Å². The minimum absolute atomic E-state index is 0.0923. The van der Waals surface area contributed by atoms with Crippen LogP contribution in [0.1, 0.15) is 35.6 Å². The number of aryl methyl sites for hydroxylation is 1. The molecule has 0 saturated heterocycles. The van der Waals surface area contributed by atoms with E-state index in [0.29, 0.717) is 11.6 Å². The standard InChI is InChI=1S/C19H17F3N4O/c1-11-17-15(12-5-6-12)7-8-23-18(17)26(25-11)10-16(27)24-14-4-2-3-13(9-14)19(20,21)22/h2-4,7-9,12H,5-6,10H2,1H3,(H,24,27). The van der Waals surface area contributed by atoms with Crippen LogP contribution in [-0.2, 0) is 17.5 Å². The smallest absolute Gasteiger partial charge is 0.324 e. The molecule has 0 aliphatic heterocycles. The van der Waals surface area contributed by atoms with Gasteiger partial charge in [0.15, 0.2) is 5.65 Å². The highest BCUT2D eigenvalue weighted by Gasteiger charge is 2.30. The van der Waals surface area contributed by atoms with Crippen molar-refractivity contribution in [3.63, 3.8) is 0 Å². The highest BCUT2D eigenvalue weighted by atomic mass is 19.4. The molecule has 0 spiro atoms. The quantitative estimate of drug-likeness (QED) is 0.742. The van der Waals surface area contributed by atoms with E-state index in [9.17, 15) is 18.0 Å². The molecule has 27 heavy (non-hydrogen) atoms. The van der Waals surface area contributed by atoms with E-state index in [2.05, 4.69) is 15.4 Å². The van der Waals surface area contributed by atoms with Crippen LogP contribution in [0.25, 0.3) is 11.0 Å². The number of pyridine rings is 1. The summed E-state index contributed by atoms with van der Waals surface area (Å²) in [5, 5.41) is 7.88. The Labute approximate surface area is 153 Å². The summed E-state index contributed by atoms with van der Waals surface area (Å²) < 4.78 is 39.9. The number of amides is 1. The van der Waals surface area contributed by atoms with Gasteiger partial charge < -0.3 is 5.32 Å². The number of alkyl halides is 3. The lowest BCUT2D eigenvalue weighted by atomic mass is 10.1. The van der Waals surface area contributed by atoms with Crippen LogP contribution >= 0.6 is 0 Å². The van der Waals surface area contributed by atoms with Gasteiger partial charge in [0.05, 0.1) is 11.3 Å². The SMILES string of the molecule is Cc1nn(CC(=O)Nc2cccc(C(F)(F)F)c2)c2nccc(C3CC3)c12. The summed E-state index contributed by atoms with van der Waals surface area (Å²) in [6.45, 7) is 1.75. The average molecular weight is 374 g/mol. The first-order chi connectivity index (χ1) is 12.8. The van der Waals surface area contributed by atoms with Crippen molar-refractivity contribution in [3.8, 4) is 0 Å².